The van der Waals surface area contributed by atoms with Gasteiger partial charge in [0, 0.05) is 36.3 Å². The number of carbonyl (C=O) groups excluding carboxylic acids is 2. The summed E-state index contributed by atoms with van der Waals surface area (Å²) in [6, 6.07) is 0. The van der Waals surface area contributed by atoms with Crippen LogP contribution >= 0.6 is 71.4 Å². The molecule has 0 saturated heterocycles. The van der Waals surface area contributed by atoms with Gasteiger partial charge in [-0.15, -0.1) is 11.6 Å². The fraction of sp³-hybridized carbons (Fsp3) is 0.878. The van der Waals surface area contributed by atoms with Crippen LogP contribution in [-0.2, 0) is 14.3 Å². The van der Waals surface area contributed by atoms with Gasteiger partial charge in [0.2, 0.25) is 0 Å². The number of rotatable bonds is 31. The number of halogens is 5. The summed E-state index contributed by atoms with van der Waals surface area (Å²) in [5, 5.41) is 8.74. The molecule has 1 N–H and O–H groups in total. The maximum absolute atomic E-state index is 12.3. The molecule has 4 nitrogen and oxygen atoms in total. The molecule has 0 unspecified atom stereocenters. The van der Waals surface area contributed by atoms with Gasteiger partial charge in [-0.2, -0.15) is 0 Å². The van der Waals surface area contributed by atoms with Crippen molar-refractivity contribution in [1.82, 2.24) is 0 Å². The molecule has 0 spiro atoms. The number of ether oxygens (including phenoxy) is 1. The Morgan fingerprint density at radius 2 is 0.931 bits per heavy atom. The number of alkyl halides is 2. The number of Topliss-reactive ketones (excluding diaryl/α,β-unsaturated/α-hetero) is 2. The van der Waals surface area contributed by atoms with E-state index in [0.717, 1.165) is 74.3 Å². The number of allylic oxidation sites excluding steroid dienone is 4. The Hall–Kier alpha value is 1.79. The molecule has 0 saturated carbocycles. The van der Waals surface area contributed by atoms with Gasteiger partial charge in [-0.1, -0.05) is 197 Å². The third-order valence-electron chi connectivity index (χ3n) is 12.2. The Balaban J connectivity index is 0. The summed E-state index contributed by atoms with van der Waals surface area (Å²) in [7, 11) is 0. The molecule has 0 aliphatic heterocycles. The number of carbonyl (C=O) groups is 2. The van der Waals surface area contributed by atoms with Gasteiger partial charge in [0.05, 0.1) is 6.61 Å². The normalized spacial score (nSPS) is 16.0. The van der Waals surface area contributed by atoms with Crippen molar-refractivity contribution in [3.05, 3.63) is 22.5 Å². The van der Waals surface area contributed by atoms with Crippen LogP contribution in [-0.4, -0.2) is 40.7 Å². The Bertz CT molecular complexity index is 1060. The van der Waals surface area contributed by atoms with Gasteiger partial charge in [-0.3, -0.25) is 9.59 Å². The molecule has 0 amide bonds. The van der Waals surface area contributed by atoms with E-state index in [2.05, 4.69) is 73.7 Å². The quantitative estimate of drug-likeness (QED) is 0.0427. The second-order valence-electron chi connectivity index (χ2n) is 17.9. The Kier molecular flexibility index (Phi) is 45.6. The fourth-order valence-electron chi connectivity index (χ4n) is 8.20. The van der Waals surface area contributed by atoms with Crippen molar-refractivity contribution in [3.8, 4) is 0 Å². The molecule has 0 radical (unpaired) electrons. The van der Waals surface area contributed by atoms with Gasteiger partial charge in [-0.05, 0) is 74.7 Å². The topological polar surface area (TPSA) is 63.6 Å². The van der Waals surface area contributed by atoms with Crippen molar-refractivity contribution in [2.75, 3.05) is 24.0 Å². The first-order valence-electron chi connectivity index (χ1n) is 23.4. The molecule has 2 aliphatic carbocycles. The number of ketones is 2. The van der Waals surface area contributed by atoms with Gasteiger partial charge in [0.1, 0.15) is 5.76 Å². The van der Waals surface area contributed by atoms with Gasteiger partial charge < -0.3 is 9.84 Å². The summed E-state index contributed by atoms with van der Waals surface area (Å²) in [6.45, 7) is 13.8. The second-order valence-corrected chi connectivity index (χ2v) is 34.6. The number of unbranched alkanes of at least 4 members (excludes halogenated alkanes) is 24. The van der Waals surface area contributed by atoms with E-state index in [4.69, 9.17) is 21.4 Å². The van der Waals surface area contributed by atoms with Crippen LogP contribution in [0.25, 0.3) is 0 Å². The van der Waals surface area contributed by atoms with Crippen molar-refractivity contribution in [2.24, 2.45) is 10.8 Å². The number of hydrogen-bond donors (Lipinski definition) is 1. The molecule has 2 aliphatic rings. The monoisotopic (exact) mass is 1290 g/mol. The van der Waals surface area contributed by atoms with Gasteiger partial charge >= 0.3 is 50.5 Å². The zero-order chi connectivity index (χ0) is 43.9. The zero-order valence-electron chi connectivity index (χ0n) is 38.6. The van der Waals surface area contributed by atoms with Crippen molar-refractivity contribution < 1.29 is 32.7 Å². The van der Waals surface area contributed by atoms with E-state index in [1.54, 1.807) is 0 Å². The second kappa shape index (κ2) is 42.7. The molecule has 58 heavy (non-hydrogen) atoms. The predicted molar refractivity (Wildman–Crippen MR) is 278 cm³/mol. The van der Waals surface area contributed by atoms with Gasteiger partial charge in [0.15, 0.2) is 11.6 Å². The van der Waals surface area contributed by atoms with Crippen LogP contribution in [0.15, 0.2) is 22.5 Å². The number of aliphatic hydroxyl groups is 1. The Morgan fingerprint density at radius 3 is 1.34 bits per heavy atom. The van der Waals surface area contributed by atoms with Crippen LogP contribution in [0.3, 0.4) is 0 Å². The first-order chi connectivity index (χ1) is 27.9. The molecule has 0 atom stereocenters. The van der Waals surface area contributed by atoms with E-state index in [9.17, 15) is 9.59 Å². The molecule has 346 valence electrons. The van der Waals surface area contributed by atoms with E-state index < -0.39 is 0 Å². The van der Waals surface area contributed by atoms with E-state index in [1.807, 2.05) is 32.6 Å². The predicted octanol–water partition coefficient (Wildman–Crippen LogP) is 14.9. The fourth-order valence-corrected chi connectivity index (χ4v) is 8.39. The van der Waals surface area contributed by atoms with Crippen LogP contribution in [0.5, 0.6) is 0 Å². The molecule has 0 fully saturated rings. The standard InChI is InChI=1S/C24H43ClO2.C24H44O2.CH3I.I3/c1-21-22(17-18-24(2,3)23(21)26)27-20-16-14-12-10-8-6-4-5-7-9-11-13-15-19-25;1-21-22(24(2,3)19-18-23(21)26)17-15-13-11-9-7-5-4-6-8-10-12-14-16-20-25;1-2;1-3-2/h4-20H2,1-3H3;25H,4-20H2,1-3H3;1H3;/q;;;-1. The molecule has 0 aromatic heterocycles. The summed E-state index contributed by atoms with van der Waals surface area (Å²) in [5.74, 6) is 2.41. The van der Waals surface area contributed by atoms with Crippen molar-refractivity contribution in [2.45, 2.75) is 241 Å². The molecule has 0 aromatic rings. The van der Waals surface area contributed by atoms with Crippen molar-refractivity contribution in [3.63, 3.8) is 0 Å². The third-order valence-corrected chi connectivity index (χ3v) is 12.4. The van der Waals surface area contributed by atoms with Crippen LogP contribution in [0.2, 0.25) is 0 Å². The zero-order valence-corrected chi connectivity index (χ0v) is 48.0. The van der Waals surface area contributed by atoms with Crippen LogP contribution in [0, 0.1) is 10.8 Å². The molecular weight excluding hydrogens is 1200 g/mol. The van der Waals surface area contributed by atoms with Crippen molar-refractivity contribution in [1.29, 1.82) is 0 Å². The minimum atomic E-state index is -0.207. The summed E-state index contributed by atoms with van der Waals surface area (Å²) >= 11 is 13.1. The van der Waals surface area contributed by atoms with E-state index in [-0.39, 0.29) is 16.6 Å². The maximum atomic E-state index is 12.3. The van der Waals surface area contributed by atoms with E-state index in [1.165, 1.54) is 160 Å². The SMILES string of the molecule is CC1=C(CCCCCCCCCCCCCCCO)C(C)(C)CCC1=O.CC1=C(OCCCCCCCCCCCCCCCCl)CCC(C)(C)C1=O.CI.I[I-]I. The minimum absolute atomic E-state index is 0.207. The van der Waals surface area contributed by atoms with Crippen LogP contribution in [0.4, 0.5) is 0 Å². The molecule has 9 heteroatoms. The average molecular weight is 1290 g/mol. The van der Waals surface area contributed by atoms with Crippen molar-refractivity contribution >= 4 is 83.0 Å². The third kappa shape index (κ3) is 33.3. The molecular formula is C49H90ClI4O4-. The van der Waals surface area contributed by atoms with E-state index >= 15 is 0 Å². The van der Waals surface area contributed by atoms with Gasteiger partial charge in [-0.25, -0.2) is 0 Å². The summed E-state index contributed by atoms with van der Waals surface area (Å²) < 4.78 is 5.92. The Morgan fingerprint density at radius 1 is 0.569 bits per heavy atom. The summed E-state index contributed by atoms with van der Waals surface area (Å²) in [4.78, 5) is 26.2. The molecule has 2 rings (SSSR count). The molecule has 0 bridgehead atoms. The molecule has 0 heterocycles. The van der Waals surface area contributed by atoms with E-state index in [0.29, 0.717) is 25.6 Å². The van der Waals surface area contributed by atoms with Gasteiger partial charge in [0.25, 0.3) is 0 Å². The van der Waals surface area contributed by atoms with Crippen LogP contribution in [0.1, 0.15) is 241 Å². The summed E-state index contributed by atoms with van der Waals surface area (Å²) in [5.41, 5.74) is 3.38. The summed E-state index contributed by atoms with van der Waals surface area (Å²) in [6.07, 6.45) is 38.9. The average Bonchev–Trinajstić information content (AvgIpc) is 3.20. The first kappa shape index (κ1) is 61.9. The number of hydrogen-bond acceptors (Lipinski definition) is 4. The molecule has 0 aromatic carbocycles. The Labute approximate surface area is 409 Å². The van der Waals surface area contributed by atoms with Crippen LogP contribution < -0.4 is 13.3 Å². The first-order valence-corrected chi connectivity index (χ1v) is 38.7. The number of aliphatic hydroxyl groups excluding tert-OH is 1.